The molecule has 1 aliphatic rings. The fourth-order valence-electron chi connectivity index (χ4n) is 3.87. The number of nitrogens with one attached hydrogen (secondary N) is 1. The Kier molecular flexibility index (Phi) is 6.73. The second-order valence-electron chi connectivity index (χ2n) is 8.20. The highest BCUT2D eigenvalue weighted by atomic mass is 16.6. The van der Waals surface area contributed by atoms with Gasteiger partial charge in [-0.1, -0.05) is 42.5 Å². The van der Waals surface area contributed by atoms with Crippen molar-refractivity contribution in [2.45, 2.75) is 31.1 Å². The predicted octanol–water partition coefficient (Wildman–Crippen LogP) is 1.04. The molecule has 0 saturated carbocycles. The Morgan fingerprint density at radius 2 is 1.94 bits per heavy atom. The summed E-state index contributed by atoms with van der Waals surface area (Å²) >= 11 is 0. The van der Waals surface area contributed by atoms with Gasteiger partial charge in [-0.15, -0.1) is 0 Å². The number of hydrogen-bond acceptors (Lipinski definition) is 11. The van der Waals surface area contributed by atoms with E-state index in [1.165, 1.54) is 10.9 Å². The standard InChI is InChI=1S/C24H25N7O5/c25-21-18-22(31(13-26-18)23-20(34)19(33)17(11-32)36-23)29-24(28-21)30-27-10-15-7-4-8-16(9-15)35-12-14-5-2-1-3-6-14/h1-10,13,17,19-20,23,32-34H,11-12H2,(H3,25,28,29,30)/b27-10+/t17-,19-,20-,23-/m1/s1. The number of aromatic nitrogens is 4. The lowest BCUT2D eigenvalue weighted by atomic mass is 10.1. The third-order valence-corrected chi connectivity index (χ3v) is 5.72. The van der Waals surface area contributed by atoms with Gasteiger partial charge in [0.15, 0.2) is 17.7 Å². The van der Waals surface area contributed by atoms with Gasteiger partial charge in [0, 0.05) is 0 Å². The molecule has 0 spiro atoms. The lowest BCUT2D eigenvalue weighted by Crippen LogP contribution is -2.33. The Bertz CT molecular complexity index is 1360. The highest BCUT2D eigenvalue weighted by Gasteiger charge is 2.44. The zero-order chi connectivity index (χ0) is 25.1. The summed E-state index contributed by atoms with van der Waals surface area (Å²) in [6.07, 6.45) is -1.53. The minimum Gasteiger partial charge on any atom is -0.489 e. The summed E-state index contributed by atoms with van der Waals surface area (Å²) in [6.45, 7) is 0.00841. The number of aliphatic hydroxyl groups excluding tert-OH is 3. The Hall–Kier alpha value is -4.10. The second kappa shape index (κ2) is 10.3. The van der Waals surface area contributed by atoms with E-state index in [1.807, 2.05) is 54.6 Å². The van der Waals surface area contributed by atoms with Gasteiger partial charge in [0.25, 0.3) is 0 Å². The summed E-state index contributed by atoms with van der Waals surface area (Å²) in [4.78, 5) is 12.7. The van der Waals surface area contributed by atoms with Crippen LogP contribution in [0.5, 0.6) is 5.75 Å². The third-order valence-electron chi connectivity index (χ3n) is 5.72. The molecule has 0 amide bonds. The molecule has 0 radical (unpaired) electrons. The van der Waals surface area contributed by atoms with Crippen molar-refractivity contribution in [2.24, 2.45) is 5.10 Å². The molecule has 12 heteroatoms. The summed E-state index contributed by atoms with van der Waals surface area (Å²) < 4.78 is 12.9. The van der Waals surface area contributed by atoms with E-state index in [-0.39, 0.29) is 17.4 Å². The van der Waals surface area contributed by atoms with Crippen LogP contribution in [-0.4, -0.2) is 66.0 Å². The average Bonchev–Trinajstić information content (AvgIpc) is 3.44. The van der Waals surface area contributed by atoms with Crippen LogP contribution in [0.4, 0.5) is 11.8 Å². The van der Waals surface area contributed by atoms with Crippen molar-refractivity contribution in [3.8, 4) is 5.75 Å². The lowest BCUT2D eigenvalue weighted by molar-refractivity contribution is -0.0511. The maximum Gasteiger partial charge on any atom is 0.247 e. The van der Waals surface area contributed by atoms with E-state index in [1.54, 1.807) is 6.21 Å². The number of ether oxygens (including phenoxy) is 2. The number of fused-ring (bicyclic) bond motifs is 1. The summed E-state index contributed by atoms with van der Waals surface area (Å²) in [7, 11) is 0. The molecule has 4 aromatic rings. The quantitative estimate of drug-likeness (QED) is 0.177. The van der Waals surface area contributed by atoms with Crippen LogP contribution in [0.3, 0.4) is 0 Å². The average molecular weight is 492 g/mol. The maximum absolute atomic E-state index is 10.4. The number of nitrogens with two attached hydrogens (primary N) is 1. The van der Waals surface area contributed by atoms with Crippen molar-refractivity contribution in [2.75, 3.05) is 17.8 Å². The summed E-state index contributed by atoms with van der Waals surface area (Å²) in [5, 5.41) is 34.0. The monoisotopic (exact) mass is 491 g/mol. The molecule has 2 aromatic carbocycles. The Morgan fingerprint density at radius 1 is 1.11 bits per heavy atom. The summed E-state index contributed by atoms with van der Waals surface area (Å²) in [5.41, 5.74) is 11.2. The molecule has 2 aromatic heterocycles. The normalized spacial score (nSPS) is 21.9. The number of hydrogen-bond donors (Lipinski definition) is 5. The van der Waals surface area contributed by atoms with Gasteiger partial charge in [-0.05, 0) is 23.3 Å². The minimum absolute atomic E-state index is 0.0968. The zero-order valence-corrected chi connectivity index (χ0v) is 19.0. The Morgan fingerprint density at radius 3 is 2.72 bits per heavy atom. The van der Waals surface area contributed by atoms with Crippen LogP contribution in [-0.2, 0) is 11.3 Å². The number of nitrogen functional groups attached to an aromatic ring is 1. The zero-order valence-electron chi connectivity index (χ0n) is 19.0. The van der Waals surface area contributed by atoms with Crippen molar-refractivity contribution in [1.29, 1.82) is 0 Å². The molecule has 6 N–H and O–H groups in total. The minimum atomic E-state index is -1.29. The number of nitrogens with zero attached hydrogens (tertiary/aromatic N) is 5. The molecule has 186 valence electrons. The first-order chi connectivity index (χ1) is 17.5. The number of imidazole rings is 1. The predicted molar refractivity (Wildman–Crippen MR) is 131 cm³/mol. The number of aliphatic hydroxyl groups is 3. The van der Waals surface area contributed by atoms with Gasteiger partial charge < -0.3 is 30.5 Å². The van der Waals surface area contributed by atoms with Crippen molar-refractivity contribution in [3.63, 3.8) is 0 Å². The van der Waals surface area contributed by atoms with Gasteiger partial charge in [0.05, 0.1) is 19.1 Å². The molecule has 1 fully saturated rings. The van der Waals surface area contributed by atoms with Gasteiger partial charge in [0.2, 0.25) is 5.95 Å². The highest BCUT2D eigenvalue weighted by molar-refractivity contribution is 5.83. The molecule has 36 heavy (non-hydrogen) atoms. The van der Waals surface area contributed by atoms with Gasteiger partial charge >= 0.3 is 0 Å². The number of benzene rings is 2. The summed E-state index contributed by atoms with van der Waals surface area (Å²) in [6, 6.07) is 17.3. The molecule has 0 unspecified atom stereocenters. The van der Waals surface area contributed by atoms with E-state index in [9.17, 15) is 15.3 Å². The van der Waals surface area contributed by atoms with Crippen LogP contribution >= 0.6 is 0 Å². The van der Waals surface area contributed by atoms with Gasteiger partial charge in [-0.3, -0.25) is 4.57 Å². The van der Waals surface area contributed by atoms with E-state index >= 15 is 0 Å². The molecule has 3 heterocycles. The van der Waals surface area contributed by atoms with E-state index in [0.717, 1.165) is 11.1 Å². The van der Waals surface area contributed by atoms with Crippen molar-refractivity contribution < 1.29 is 24.8 Å². The Labute approximate surface area is 205 Å². The highest BCUT2D eigenvalue weighted by Crippen LogP contribution is 2.32. The van der Waals surface area contributed by atoms with Gasteiger partial charge in [0.1, 0.15) is 36.2 Å². The van der Waals surface area contributed by atoms with Crippen LogP contribution in [0.25, 0.3) is 11.2 Å². The van der Waals surface area contributed by atoms with Crippen molar-refractivity contribution >= 4 is 29.1 Å². The first-order valence-electron chi connectivity index (χ1n) is 11.2. The molecule has 1 aliphatic heterocycles. The molecular formula is C24H25N7O5. The number of rotatable bonds is 8. The van der Waals surface area contributed by atoms with E-state index in [4.69, 9.17) is 15.2 Å². The number of hydrazone groups is 1. The van der Waals surface area contributed by atoms with Crippen LogP contribution in [0.1, 0.15) is 17.4 Å². The third kappa shape index (κ3) is 4.83. The van der Waals surface area contributed by atoms with Crippen molar-refractivity contribution in [1.82, 2.24) is 19.5 Å². The largest absolute Gasteiger partial charge is 0.489 e. The van der Waals surface area contributed by atoms with E-state index < -0.39 is 31.1 Å². The van der Waals surface area contributed by atoms with E-state index in [0.29, 0.717) is 17.9 Å². The molecule has 0 aliphatic carbocycles. The van der Waals surface area contributed by atoms with Crippen molar-refractivity contribution in [3.05, 3.63) is 72.1 Å². The summed E-state index contributed by atoms with van der Waals surface area (Å²) in [5.74, 6) is 0.896. The number of anilines is 2. The molecule has 5 rings (SSSR count). The molecule has 12 nitrogen and oxygen atoms in total. The van der Waals surface area contributed by atoms with Crippen LogP contribution in [0.2, 0.25) is 0 Å². The Balaban J connectivity index is 1.30. The fraction of sp³-hybridized carbons (Fsp3) is 0.250. The molecule has 0 bridgehead atoms. The fourth-order valence-corrected chi connectivity index (χ4v) is 3.87. The molecular weight excluding hydrogens is 466 g/mol. The van der Waals surface area contributed by atoms with Crippen LogP contribution in [0.15, 0.2) is 66.0 Å². The topological polar surface area (TPSA) is 173 Å². The van der Waals surface area contributed by atoms with Gasteiger partial charge in [-0.25, -0.2) is 10.4 Å². The smallest absolute Gasteiger partial charge is 0.247 e. The van der Waals surface area contributed by atoms with Crippen LogP contribution < -0.4 is 15.9 Å². The van der Waals surface area contributed by atoms with Gasteiger partial charge in [-0.2, -0.15) is 15.1 Å². The second-order valence-corrected chi connectivity index (χ2v) is 8.20. The lowest BCUT2D eigenvalue weighted by Gasteiger charge is -2.16. The maximum atomic E-state index is 10.4. The molecule has 4 atom stereocenters. The van der Waals surface area contributed by atoms with E-state index in [2.05, 4.69) is 25.5 Å². The molecule has 1 saturated heterocycles. The first kappa shape index (κ1) is 23.6. The first-order valence-corrected chi connectivity index (χ1v) is 11.2. The van der Waals surface area contributed by atoms with Crippen LogP contribution in [0, 0.1) is 0 Å². The SMILES string of the molecule is Nc1nc(N/N=C/c2cccc(OCc3ccccc3)c2)nc2c1ncn2[C@@H]1O[C@H](CO)[C@@H](O)[C@H]1O.